The van der Waals surface area contributed by atoms with Gasteiger partial charge in [0.25, 0.3) is 5.91 Å². The van der Waals surface area contributed by atoms with Gasteiger partial charge in [0.05, 0.1) is 0 Å². The zero-order valence-electron chi connectivity index (χ0n) is 15.9. The topological polar surface area (TPSA) is 57.4 Å². The van der Waals surface area contributed by atoms with Crippen molar-refractivity contribution in [3.8, 4) is 5.75 Å². The first-order chi connectivity index (χ1) is 12.6. The summed E-state index contributed by atoms with van der Waals surface area (Å²) in [6.07, 6.45) is 4.43. The van der Waals surface area contributed by atoms with Gasteiger partial charge in [0.15, 0.2) is 0 Å². The van der Waals surface area contributed by atoms with E-state index in [-0.39, 0.29) is 12.0 Å². The Labute approximate surface area is 159 Å². The van der Waals surface area contributed by atoms with E-state index in [0.29, 0.717) is 18.3 Å². The second kappa shape index (κ2) is 8.82. The molecule has 1 saturated heterocycles. The lowest BCUT2D eigenvalue weighted by Crippen LogP contribution is -2.41. The number of hydrogen-bond donors (Lipinski definition) is 2. The standard InChI is InChI=1S/C20H29N3O2S/c1-14(2)23-9-6-16(7-10-23)25-17-4-5-18-15(12-17)13-19(22-18)20(24)21-8-11-26-3/h4-5,12-14,16,22H,6-11H2,1-3H3,(H,21,24). The van der Waals surface area contributed by atoms with Gasteiger partial charge < -0.3 is 19.9 Å². The second-order valence-electron chi connectivity index (χ2n) is 7.13. The number of nitrogens with zero attached hydrogens (tertiary/aromatic N) is 1. The van der Waals surface area contributed by atoms with E-state index in [1.165, 1.54) is 0 Å². The summed E-state index contributed by atoms with van der Waals surface area (Å²) in [7, 11) is 0. The number of ether oxygens (including phenoxy) is 1. The Balaban J connectivity index is 1.61. The van der Waals surface area contributed by atoms with Gasteiger partial charge in [-0.1, -0.05) is 0 Å². The summed E-state index contributed by atoms with van der Waals surface area (Å²) in [6.45, 7) is 7.36. The number of amides is 1. The lowest BCUT2D eigenvalue weighted by Gasteiger charge is -2.34. The highest BCUT2D eigenvalue weighted by atomic mass is 32.2. The van der Waals surface area contributed by atoms with Gasteiger partial charge in [-0.25, -0.2) is 0 Å². The molecule has 2 N–H and O–H groups in total. The highest BCUT2D eigenvalue weighted by Crippen LogP contribution is 2.25. The van der Waals surface area contributed by atoms with Crippen molar-refractivity contribution in [2.75, 3.05) is 31.6 Å². The van der Waals surface area contributed by atoms with Gasteiger partial charge in [-0.3, -0.25) is 4.79 Å². The van der Waals surface area contributed by atoms with Crippen LogP contribution in [0, 0.1) is 0 Å². The monoisotopic (exact) mass is 375 g/mol. The van der Waals surface area contributed by atoms with Crippen molar-refractivity contribution in [2.24, 2.45) is 0 Å². The number of likely N-dealkylation sites (tertiary alicyclic amines) is 1. The van der Waals surface area contributed by atoms with E-state index in [1.54, 1.807) is 11.8 Å². The fourth-order valence-electron chi connectivity index (χ4n) is 3.37. The fourth-order valence-corrected chi connectivity index (χ4v) is 3.68. The van der Waals surface area contributed by atoms with Crippen molar-refractivity contribution in [3.05, 3.63) is 30.0 Å². The molecule has 2 heterocycles. The lowest BCUT2D eigenvalue weighted by atomic mass is 10.1. The summed E-state index contributed by atoms with van der Waals surface area (Å²) < 4.78 is 6.20. The molecule has 1 aliphatic rings. The molecule has 5 nitrogen and oxygen atoms in total. The zero-order valence-corrected chi connectivity index (χ0v) is 16.7. The van der Waals surface area contributed by atoms with E-state index in [1.807, 2.05) is 30.5 Å². The Morgan fingerprint density at radius 3 is 2.81 bits per heavy atom. The number of fused-ring (bicyclic) bond motifs is 1. The highest BCUT2D eigenvalue weighted by molar-refractivity contribution is 7.98. The molecule has 1 amide bonds. The molecule has 0 radical (unpaired) electrons. The summed E-state index contributed by atoms with van der Waals surface area (Å²) in [4.78, 5) is 17.9. The average molecular weight is 376 g/mol. The maximum atomic E-state index is 12.2. The van der Waals surface area contributed by atoms with Crippen LogP contribution in [0.3, 0.4) is 0 Å². The molecule has 1 aliphatic heterocycles. The van der Waals surface area contributed by atoms with Gasteiger partial charge >= 0.3 is 0 Å². The molecular weight excluding hydrogens is 346 g/mol. The van der Waals surface area contributed by atoms with Crippen LogP contribution in [0.1, 0.15) is 37.2 Å². The molecule has 6 heteroatoms. The van der Waals surface area contributed by atoms with E-state index in [9.17, 15) is 4.79 Å². The van der Waals surface area contributed by atoms with Crippen molar-refractivity contribution in [3.63, 3.8) is 0 Å². The third-order valence-corrected chi connectivity index (χ3v) is 5.55. The van der Waals surface area contributed by atoms with Crippen molar-refractivity contribution in [1.82, 2.24) is 15.2 Å². The summed E-state index contributed by atoms with van der Waals surface area (Å²) in [5.74, 6) is 1.74. The van der Waals surface area contributed by atoms with Crippen LogP contribution < -0.4 is 10.1 Å². The van der Waals surface area contributed by atoms with E-state index in [4.69, 9.17) is 4.74 Å². The number of H-pyrrole nitrogens is 1. The summed E-state index contributed by atoms with van der Waals surface area (Å²) >= 11 is 1.72. The zero-order chi connectivity index (χ0) is 18.5. The van der Waals surface area contributed by atoms with Crippen LogP contribution in [0.25, 0.3) is 10.9 Å². The molecule has 2 aromatic rings. The van der Waals surface area contributed by atoms with Crippen molar-refractivity contribution in [1.29, 1.82) is 0 Å². The number of piperidine rings is 1. The lowest BCUT2D eigenvalue weighted by molar-refractivity contribution is 0.0844. The molecule has 1 aromatic carbocycles. The molecule has 26 heavy (non-hydrogen) atoms. The van der Waals surface area contributed by atoms with Crippen molar-refractivity contribution in [2.45, 2.75) is 38.8 Å². The molecule has 0 saturated carbocycles. The Morgan fingerprint density at radius 2 is 2.12 bits per heavy atom. The van der Waals surface area contributed by atoms with Gasteiger partial charge in [0.1, 0.15) is 17.5 Å². The Hall–Kier alpha value is -1.66. The van der Waals surface area contributed by atoms with Crippen LogP contribution in [0.4, 0.5) is 0 Å². The van der Waals surface area contributed by atoms with Gasteiger partial charge in [-0.15, -0.1) is 0 Å². The number of benzene rings is 1. The van der Waals surface area contributed by atoms with Crippen molar-refractivity contribution < 1.29 is 9.53 Å². The molecule has 0 atom stereocenters. The number of hydrogen-bond acceptors (Lipinski definition) is 4. The number of carbonyl (C=O) groups excluding carboxylic acids is 1. The minimum atomic E-state index is -0.0567. The largest absolute Gasteiger partial charge is 0.490 e. The third-order valence-electron chi connectivity index (χ3n) is 4.94. The average Bonchev–Trinajstić information content (AvgIpc) is 3.06. The van der Waals surface area contributed by atoms with Gasteiger partial charge in [-0.05, 0) is 57.2 Å². The first-order valence-electron chi connectivity index (χ1n) is 9.37. The smallest absolute Gasteiger partial charge is 0.267 e. The Morgan fingerprint density at radius 1 is 1.35 bits per heavy atom. The summed E-state index contributed by atoms with van der Waals surface area (Å²) in [5.41, 5.74) is 1.56. The molecule has 0 spiro atoms. The van der Waals surface area contributed by atoms with E-state index in [2.05, 4.69) is 29.0 Å². The Kier molecular flexibility index (Phi) is 6.48. The third kappa shape index (κ3) is 4.74. The molecule has 1 fully saturated rings. The maximum absolute atomic E-state index is 12.2. The fraction of sp³-hybridized carbons (Fsp3) is 0.550. The van der Waals surface area contributed by atoms with Gasteiger partial charge in [0.2, 0.25) is 0 Å². The quantitative estimate of drug-likeness (QED) is 0.727. The van der Waals surface area contributed by atoms with Crippen LogP contribution in [0.5, 0.6) is 5.75 Å². The first kappa shape index (κ1) is 19.1. The molecule has 0 unspecified atom stereocenters. The van der Waals surface area contributed by atoms with Gasteiger partial charge in [-0.2, -0.15) is 11.8 Å². The highest BCUT2D eigenvalue weighted by Gasteiger charge is 2.22. The van der Waals surface area contributed by atoms with Crippen LogP contribution >= 0.6 is 11.8 Å². The molecule has 142 valence electrons. The molecular formula is C20H29N3O2S. The first-order valence-corrected chi connectivity index (χ1v) is 10.8. The molecule has 1 aromatic heterocycles. The Bertz CT molecular complexity index is 736. The number of aromatic nitrogens is 1. The summed E-state index contributed by atoms with van der Waals surface area (Å²) in [5, 5.41) is 3.94. The maximum Gasteiger partial charge on any atom is 0.267 e. The minimum absolute atomic E-state index is 0.0567. The minimum Gasteiger partial charge on any atom is -0.490 e. The van der Waals surface area contributed by atoms with Crippen LogP contribution in [-0.2, 0) is 0 Å². The second-order valence-corrected chi connectivity index (χ2v) is 8.11. The number of aromatic amines is 1. The van der Waals surface area contributed by atoms with E-state index in [0.717, 1.165) is 48.3 Å². The number of rotatable bonds is 7. The SMILES string of the molecule is CSCCNC(=O)c1cc2cc(OC3CCN(C(C)C)CC3)ccc2[nH]1. The molecule has 0 aliphatic carbocycles. The molecule has 3 rings (SSSR count). The van der Waals surface area contributed by atoms with Crippen LogP contribution in [0.2, 0.25) is 0 Å². The van der Waals surface area contributed by atoms with E-state index >= 15 is 0 Å². The predicted octanol–water partition coefficient (Wildman–Crippen LogP) is 3.51. The number of nitrogens with one attached hydrogen (secondary N) is 2. The van der Waals surface area contributed by atoms with Crippen LogP contribution in [-0.4, -0.2) is 59.6 Å². The number of carbonyl (C=O) groups is 1. The van der Waals surface area contributed by atoms with E-state index < -0.39 is 0 Å². The summed E-state index contributed by atoms with van der Waals surface area (Å²) in [6, 6.07) is 8.51. The molecule has 0 bridgehead atoms. The number of thioether (sulfide) groups is 1. The van der Waals surface area contributed by atoms with Gasteiger partial charge in [0, 0.05) is 42.3 Å². The predicted molar refractivity (Wildman–Crippen MR) is 109 cm³/mol. The normalized spacial score (nSPS) is 16.3. The van der Waals surface area contributed by atoms with Crippen LogP contribution in [0.15, 0.2) is 24.3 Å². The van der Waals surface area contributed by atoms with Crippen molar-refractivity contribution >= 4 is 28.6 Å².